The van der Waals surface area contributed by atoms with Gasteiger partial charge in [-0.05, 0) is 25.2 Å². The lowest BCUT2D eigenvalue weighted by molar-refractivity contribution is -0.139. The van der Waals surface area contributed by atoms with Crippen LogP contribution < -0.4 is 10.1 Å². The van der Waals surface area contributed by atoms with E-state index in [1.807, 2.05) is 18.2 Å². The third-order valence-electron chi connectivity index (χ3n) is 2.77. The molecule has 0 bridgehead atoms. The Morgan fingerprint density at radius 2 is 2.29 bits per heavy atom. The van der Waals surface area contributed by atoms with Gasteiger partial charge in [-0.3, -0.25) is 4.79 Å². The first-order valence-corrected chi connectivity index (χ1v) is 5.22. The number of nitrogens with one attached hydrogen (secondary N) is 2. The van der Waals surface area contributed by atoms with Crippen LogP contribution >= 0.6 is 0 Å². The third-order valence-corrected chi connectivity index (χ3v) is 2.77. The van der Waals surface area contributed by atoms with Crippen LogP contribution in [0.5, 0.6) is 5.75 Å². The van der Waals surface area contributed by atoms with Crippen molar-refractivity contribution in [3.05, 3.63) is 30.0 Å². The number of aromatic amines is 1. The van der Waals surface area contributed by atoms with Gasteiger partial charge in [0.25, 0.3) is 0 Å². The quantitative estimate of drug-likeness (QED) is 0.749. The van der Waals surface area contributed by atoms with Crippen molar-refractivity contribution in [2.75, 3.05) is 14.2 Å². The maximum absolute atomic E-state index is 11.1. The molecule has 2 aromatic rings. The van der Waals surface area contributed by atoms with Crippen LogP contribution in [0.15, 0.2) is 24.4 Å². The van der Waals surface area contributed by atoms with Crippen LogP contribution in [0.4, 0.5) is 0 Å². The monoisotopic (exact) mass is 234 g/mol. The van der Waals surface area contributed by atoms with Crippen molar-refractivity contribution in [1.82, 2.24) is 10.3 Å². The maximum atomic E-state index is 11.1. The summed E-state index contributed by atoms with van der Waals surface area (Å²) in [5.74, 6) is -0.199. The summed E-state index contributed by atoms with van der Waals surface area (Å²) in [7, 11) is 3.21. The van der Waals surface area contributed by atoms with Gasteiger partial charge < -0.3 is 20.1 Å². The molecule has 1 aromatic heterocycles. The first kappa shape index (κ1) is 11.5. The summed E-state index contributed by atoms with van der Waals surface area (Å²) in [5.41, 5.74) is 1.59. The van der Waals surface area contributed by atoms with Crippen LogP contribution in [-0.2, 0) is 4.79 Å². The van der Waals surface area contributed by atoms with Gasteiger partial charge in [0.05, 0.1) is 7.11 Å². The average Bonchev–Trinajstić information content (AvgIpc) is 2.73. The SMILES string of the molecule is CNC(C(=O)O)c1c[nH]c2ccc(OC)cc12. The number of hydrogen-bond donors (Lipinski definition) is 3. The Labute approximate surface area is 98.4 Å². The largest absolute Gasteiger partial charge is 0.497 e. The summed E-state index contributed by atoms with van der Waals surface area (Å²) in [6, 6.07) is 4.80. The van der Waals surface area contributed by atoms with Crippen LogP contribution in [0.1, 0.15) is 11.6 Å². The van der Waals surface area contributed by atoms with Gasteiger partial charge in [0.1, 0.15) is 11.8 Å². The van der Waals surface area contributed by atoms with Gasteiger partial charge in [-0.1, -0.05) is 0 Å². The Bertz CT molecular complexity index is 548. The van der Waals surface area contributed by atoms with Gasteiger partial charge >= 0.3 is 5.97 Å². The van der Waals surface area contributed by atoms with Crippen LogP contribution in [0.3, 0.4) is 0 Å². The first-order chi connectivity index (χ1) is 8.17. The highest BCUT2D eigenvalue weighted by molar-refractivity contribution is 5.90. The number of benzene rings is 1. The molecule has 0 radical (unpaired) electrons. The molecule has 0 saturated heterocycles. The van der Waals surface area contributed by atoms with E-state index in [-0.39, 0.29) is 0 Å². The number of H-pyrrole nitrogens is 1. The van der Waals surface area contributed by atoms with Gasteiger partial charge in [0.15, 0.2) is 0 Å². The van der Waals surface area contributed by atoms with E-state index in [2.05, 4.69) is 10.3 Å². The molecule has 1 heterocycles. The van der Waals surface area contributed by atoms with Gasteiger partial charge in [0, 0.05) is 22.7 Å². The van der Waals surface area contributed by atoms with Crippen molar-refractivity contribution < 1.29 is 14.6 Å². The molecule has 3 N–H and O–H groups in total. The van der Waals surface area contributed by atoms with Gasteiger partial charge in [-0.2, -0.15) is 0 Å². The number of hydrogen-bond acceptors (Lipinski definition) is 3. The lowest BCUT2D eigenvalue weighted by Crippen LogP contribution is -2.24. The highest BCUT2D eigenvalue weighted by atomic mass is 16.5. The van der Waals surface area contributed by atoms with E-state index in [0.29, 0.717) is 11.3 Å². The van der Waals surface area contributed by atoms with Crippen molar-refractivity contribution in [1.29, 1.82) is 0 Å². The van der Waals surface area contributed by atoms with E-state index >= 15 is 0 Å². The Morgan fingerprint density at radius 1 is 1.53 bits per heavy atom. The van der Waals surface area contributed by atoms with E-state index in [1.54, 1.807) is 20.4 Å². The molecule has 0 amide bonds. The number of carboxylic acids is 1. The van der Waals surface area contributed by atoms with Gasteiger partial charge in [0.2, 0.25) is 0 Å². The molecule has 0 aliphatic heterocycles. The molecule has 90 valence electrons. The van der Waals surface area contributed by atoms with Crippen LogP contribution in [0.25, 0.3) is 10.9 Å². The predicted molar refractivity (Wildman–Crippen MR) is 64.3 cm³/mol. The Balaban J connectivity index is 2.57. The number of rotatable bonds is 4. The Kier molecular flexibility index (Phi) is 3.01. The van der Waals surface area contributed by atoms with Crippen molar-refractivity contribution >= 4 is 16.9 Å². The van der Waals surface area contributed by atoms with Crippen molar-refractivity contribution in [3.8, 4) is 5.75 Å². The minimum Gasteiger partial charge on any atom is -0.497 e. The highest BCUT2D eigenvalue weighted by Gasteiger charge is 2.21. The van der Waals surface area contributed by atoms with Crippen LogP contribution in [-0.4, -0.2) is 30.2 Å². The molecule has 5 nitrogen and oxygen atoms in total. The molecule has 0 aliphatic rings. The maximum Gasteiger partial charge on any atom is 0.325 e. The molecule has 1 unspecified atom stereocenters. The summed E-state index contributed by atoms with van der Waals surface area (Å²) >= 11 is 0. The number of carbonyl (C=O) groups is 1. The minimum atomic E-state index is -0.906. The average molecular weight is 234 g/mol. The molecular weight excluding hydrogens is 220 g/mol. The second-order valence-corrected chi connectivity index (χ2v) is 3.72. The van der Waals surface area contributed by atoms with Crippen molar-refractivity contribution in [3.63, 3.8) is 0 Å². The van der Waals surface area contributed by atoms with Gasteiger partial charge in [-0.15, -0.1) is 0 Å². The van der Waals surface area contributed by atoms with E-state index in [4.69, 9.17) is 9.84 Å². The summed E-state index contributed by atoms with van der Waals surface area (Å²) in [5, 5.41) is 12.7. The standard InChI is InChI=1S/C12H14N2O3/c1-13-11(12(15)16)9-6-14-10-4-3-7(17-2)5-8(9)10/h3-6,11,13-14H,1-2H3,(H,15,16). The smallest absolute Gasteiger partial charge is 0.325 e. The Hall–Kier alpha value is -2.01. The number of fused-ring (bicyclic) bond motifs is 1. The number of methoxy groups -OCH3 is 1. The first-order valence-electron chi connectivity index (χ1n) is 5.22. The predicted octanol–water partition coefficient (Wildman–Crippen LogP) is 1.52. The molecule has 1 atom stereocenters. The van der Waals surface area contributed by atoms with E-state index in [1.165, 1.54) is 0 Å². The van der Waals surface area contributed by atoms with E-state index in [0.717, 1.165) is 10.9 Å². The third kappa shape index (κ3) is 1.97. The fourth-order valence-corrected chi connectivity index (χ4v) is 1.90. The molecule has 5 heteroatoms. The number of ether oxygens (including phenoxy) is 1. The fraction of sp³-hybridized carbons (Fsp3) is 0.250. The number of aliphatic carboxylic acids is 1. The summed E-state index contributed by atoms with van der Waals surface area (Å²) in [6.45, 7) is 0. The zero-order valence-electron chi connectivity index (χ0n) is 9.65. The molecule has 0 spiro atoms. The summed E-state index contributed by atoms with van der Waals surface area (Å²) in [4.78, 5) is 14.2. The van der Waals surface area contributed by atoms with E-state index in [9.17, 15) is 4.79 Å². The van der Waals surface area contributed by atoms with Crippen molar-refractivity contribution in [2.45, 2.75) is 6.04 Å². The van der Waals surface area contributed by atoms with Crippen LogP contribution in [0, 0.1) is 0 Å². The number of aromatic nitrogens is 1. The van der Waals surface area contributed by atoms with E-state index < -0.39 is 12.0 Å². The Morgan fingerprint density at radius 3 is 2.88 bits per heavy atom. The number of carboxylic acid groups (broad SMARTS) is 1. The zero-order valence-corrected chi connectivity index (χ0v) is 9.65. The molecular formula is C12H14N2O3. The summed E-state index contributed by atoms with van der Waals surface area (Å²) in [6.07, 6.45) is 1.71. The normalized spacial score (nSPS) is 12.6. The fourth-order valence-electron chi connectivity index (χ4n) is 1.90. The lowest BCUT2D eigenvalue weighted by Gasteiger charge is -2.10. The topological polar surface area (TPSA) is 74.4 Å². The molecule has 0 fully saturated rings. The van der Waals surface area contributed by atoms with Gasteiger partial charge in [-0.25, -0.2) is 0 Å². The highest BCUT2D eigenvalue weighted by Crippen LogP contribution is 2.27. The minimum absolute atomic E-state index is 0.703. The zero-order chi connectivity index (χ0) is 12.4. The lowest BCUT2D eigenvalue weighted by atomic mass is 10.1. The molecule has 17 heavy (non-hydrogen) atoms. The van der Waals surface area contributed by atoms with Crippen molar-refractivity contribution in [2.24, 2.45) is 0 Å². The molecule has 2 rings (SSSR count). The molecule has 0 saturated carbocycles. The van der Waals surface area contributed by atoms with Crippen LogP contribution in [0.2, 0.25) is 0 Å². The number of likely N-dealkylation sites (N-methyl/N-ethyl adjacent to an activating group) is 1. The molecule has 0 aliphatic carbocycles. The summed E-state index contributed by atoms with van der Waals surface area (Å²) < 4.78 is 5.14. The second-order valence-electron chi connectivity index (χ2n) is 3.72. The second kappa shape index (κ2) is 4.47. The molecule has 1 aromatic carbocycles.